The zero-order chi connectivity index (χ0) is 64.8. The first-order chi connectivity index (χ1) is 46.9. The standard InChI is InChI=1S/C87H67BN8/c1-86(2,3)62-45-49-74-67(53-62)68-54-63(87(4,5)6)46-50-75(68)96(74)76-48-44-61(73-55-72(57-26-12-7-13-27-57)89-82(90-73)58-28-14-8-15-29-58)52-69(76)85-92-83(59-30-16-9-17-31-59)91-84(93-85)60-42-40-56(41-43-60)66-47-51-79-80-81(66)95(65-34-20-11-21-35-65)78-39-25-23-37-71(78)88(80)70-36-22-24-38-77(70)94(79)64-32-18-10-19-33-64/h7-55H,1-6H3. The van der Waals surface area contributed by atoms with E-state index in [1.807, 2.05) is 42.5 Å². The minimum absolute atomic E-state index is 0.0272. The van der Waals surface area contributed by atoms with E-state index in [1.165, 1.54) is 44.0 Å². The van der Waals surface area contributed by atoms with Gasteiger partial charge in [0.15, 0.2) is 23.3 Å². The van der Waals surface area contributed by atoms with E-state index in [4.69, 9.17) is 24.9 Å². The van der Waals surface area contributed by atoms with Crippen LogP contribution in [0.15, 0.2) is 297 Å². The summed E-state index contributed by atoms with van der Waals surface area (Å²) in [7, 11) is 0. The monoisotopic (exact) mass is 1230 g/mol. The van der Waals surface area contributed by atoms with Gasteiger partial charge in [0.05, 0.1) is 33.8 Å². The molecule has 0 saturated heterocycles. The fraction of sp³-hybridized carbons (Fsp3) is 0.0920. The molecule has 5 heterocycles. The minimum Gasteiger partial charge on any atom is -0.311 e. The predicted molar refractivity (Wildman–Crippen MR) is 399 cm³/mol. The van der Waals surface area contributed by atoms with Gasteiger partial charge in [-0.3, -0.25) is 0 Å². The second kappa shape index (κ2) is 23.0. The van der Waals surface area contributed by atoms with E-state index in [0.29, 0.717) is 23.3 Å². The molecule has 12 aromatic carbocycles. The summed E-state index contributed by atoms with van der Waals surface area (Å²) in [4.78, 5) is 32.1. The molecule has 0 saturated carbocycles. The molecule has 2 aliphatic rings. The smallest absolute Gasteiger partial charge is 0.252 e. The topological polar surface area (TPSA) is 75.9 Å². The Morgan fingerprint density at radius 2 is 0.708 bits per heavy atom. The second-order valence-electron chi connectivity index (χ2n) is 27.3. The predicted octanol–water partition coefficient (Wildman–Crippen LogP) is 20.1. The van der Waals surface area contributed by atoms with E-state index >= 15 is 0 Å². The van der Waals surface area contributed by atoms with E-state index in [1.54, 1.807) is 0 Å². The van der Waals surface area contributed by atoms with Crippen LogP contribution in [-0.4, -0.2) is 36.2 Å². The highest BCUT2D eigenvalue weighted by atomic mass is 15.2. The van der Waals surface area contributed by atoms with Crippen LogP contribution in [0.5, 0.6) is 0 Å². The van der Waals surface area contributed by atoms with Crippen LogP contribution in [0.4, 0.5) is 34.1 Å². The number of aromatic nitrogens is 6. The fourth-order valence-corrected chi connectivity index (χ4v) is 14.3. The summed E-state index contributed by atoms with van der Waals surface area (Å²) in [5.41, 5.74) is 25.3. The Morgan fingerprint density at radius 3 is 1.25 bits per heavy atom. The first kappa shape index (κ1) is 58.0. The van der Waals surface area contributed by atoms with Crippen molar-refractivity contribution < 1.29 is 0 Å². The Balaban J connectivity index is 0.884. The molecule has 458 valence electrons. The van der Waals surface area contributed by atoms with Crippen LogP contribution in [-0.2, 0) is 10.8 Å². The third kappa shape index (κ3) is 10.1. The van der Waals surface area contributed by atoms with Gasteiger partial charge >= 0.3 is 0 Å². The average Bonchev–Trinajstić information content (AvgIpc) is 1.80. The molecule has 0 amide bonds. The van der Waals surface area contributed by atoms with Crippen molar-refractivity contribution in [1.29, 1.82) is 0 Å². The molecule has 9 heteroatoms. The minimum atomic E-state index is -0.0780. The average molecular weight is 1240 g/mol. The van der Waals surface area contributed by atoms with Crippen molar-refractivity contribution in [3.05, 3.63) is 308 Å². The number of rotatable bonds is 10. The molecule has 0 N–H and O–H groups in total. The zero-order valence-corrected chi connectivity index (χ0v) is 54.4. The maximum Gasteiger partial charge on any atom is 0.252 e. The van der Waals surface area contributed by atoms with E-state index in [0.717, 1.165) is 101 Å². The van der Waals surface area contributed by atoms with Crippen molar-refractivity contribution in [2.75, 3.05) is 9.80 Å². The molecule has 3 aromatic heterocycles. The van der Waals surface area contributed by atoms with Gasteiger partial charge in [-0.1, -0.05) is 254 Å². The molecule has 17 rings (SSSR count). The van der Waals surface area contributed by atoms with Crippen LogP contribution in [0, 0.1) is 0 Å². The van der Waals surface area contributed by atoms with Crippen molar-refractivity contribution in [2.45, 2.75) is 52.4 Å². The second-order valence-corrected chi connectivity index (χ2v) is 27.3. The third-order valence-electron chi connectivity index (χ3n) is 19.2. The van der Waals surface area contributed by atoms with Crippen LogP contribution in [0.1, 0.15) is 52.7 Å². The lowest BCUT2D eigenvalue weighted by molar-refractivity contribution is 0.590. The normalized spacial score (nSPS) is 12.6. The highest BCUT2D eigenvalue weighted by Crippen LogP contribution is 2.49. The number of para-hydroxylation sites is 4. The van der Waals surface area contributed by atoms with Gasteiger partial charge < -0.3 is 14.4 Å². The van der Waals surface area contributed by atoms with Crippen molar-refractivity contribution in [2.24, 2.45) is 0 Å². The zero-order valence-electron chi connectivity index (χ0n) is 54.4. The molecule has 0 bridgehead atoms. The van der Waals surface area contributed by atoms with Gasteiger partial charge in [-0.25, -0.2) is 24.9 Å². The molecule has 2 aliphatic heterocycles. The first-order valence-corrected chi connectivity index (χ1v) is 33.1. The number of hydrogen-bond donors (Lipinski definition) is 0. The number of hydrogen-bond acceptors (Lipinski definition) is 7. The molecule has 0 radical (unpaired) electrons. The van der Waals surface area contributed by atoms with E-state index in [-0.39, 0.29) is 17.5 Å². The molecule has 0 atom stereocenters. The van der Waals surface area contributed by atoms with Gasteiger partial charge in [-0.05, 0) is 129 Å². The molecule has 96 heavy (non-hydrogen) atoms. The van der Waals surface area contributed by atoms with Gasteiger partial charge in [0.2, 0.25) is 0 Å². The maximum absolute atomic E-state index is 5.65. The van der Waals surface area contributed by atoms with Gasteiger partial charge in [0.25, 0.3) is 6.71 Å². The van der Waals surface area contributed by atoms with Crippen molar-refractivity contribution in [1.82, 2.24) is 29.5 Å². The van der Waals surface area contributed by atoms with Crippen LogP contribution in [0.3, 0.4) is 0 Å². The van der Waals surface area contributed by atoms with Crippen LogP contribution in [0.25, 0.3) is 107 Å². The van der Waals surface area contributed by atoms with E-state index in [9.17, 15) is 0 Å². The van der Waals surface area contributed by atoms with Crippen molar-refractivity contribution >= 4 is 79.0 Å². The number of benzene rings is 12. The SMILES string of the molecule is CC(C)(C)c1ccc2c(c1)c1cc(C(C)(C)C)ccc1n2-c1ccc(-c2cc(-c3ccccc3)nc(-c3ccccc3)n2)cc1-c1nc(-c2ccccc2)nc(-c2ccc(-c3ccc4c5c3N(c3ccccc3)c3ccccc3B5c3ccccc3N4c3ccccc3)cc2)n1. The lowest BCUT2D eigenvalue weighted by Gasteiger charge is -2.45. The summed E-state index contributed by atoms with van der Waals surface area (Å²) in [5, 5.41) is 2.38. The summed E-state index contributed by atoms with van der Waals surface area (Å²) in [6.45, 7) is 13.7. The molecule has 0 fully saturated rings. The van der Waals surface area contributed by atoms with Crippen LogP contribution >= 0.6 is 0 Å². The molecule has 0 unspecified atom stereocenters. The largest absolute Gasteiger partial charge is 0.311 e. The molecule has 15 aromatic rings. The van der Waals surface area contributed by atoms with Crippen molar-refractivity contribution in [3.63, 3.8) is 0 Å². The molecular weight excluding hydrogens is 1170 g/mol. The molecule has 0 spiro atoms. The van der Waals surface area contributed by atoms with Crippen LogP contribution < -0.4 is 26.2 Å². The lowest BCUT2D eigenvalue weighted by Crippen LogP contribution is -2.61. The summed E-state index contributed by atoms with van der Waals surface area (Å²) in [5.74, 6) is 2.28. The summed E-state index contributed by atoms with van der Waals surface area (Å²) < 4.78 is 2.41. The Labute approximate surface area is 560 Å². The summed E-state index contributed by atoms with van der Waals surface area (Å²) >= 11 is 0. The molecular formula is C87H67BN8. The number of nitrogens with zero attached hydrogens (tertiary/aromatic N) is 8. The number of fused-ring (bicyclic) bond motifs is 7. The van der Waals surface area contributed by atoms with Gasteiger partial charge in [-0.15, -0.1) is 0 Å². The van der Waals surface area contributed by atoms with E-state index in [2.05, 4.69) is 311 Å². The first-order valence-electron chi connectivity index (χ1n) is 33.1. The summed E-state index contributed by atoms with van der Waals surface area (Å²) in [6.07, 6.45) is 0. The fourth-order valence-electron chi connectivity index (χ4n) is 14.3. The Bertz CT molecular complexity index is 5350. The van der Waals surface area contributed by atoms with E-state index < -0.39 is 0 Å². The highest BCUT2D eigenvalue weighted by Gasteiger charge is 2.44. The third-order valence-corrected chi connectivity index (χ3v) is 19.2. The lowest BCUT2D eigenvalue weighted by atomic mass is 9.33. The van der Waals surface area contributed by atoms with Crippen molar-refractivity contribution in [3.8, 4) is 84.9 Å². The van der Waals surface area contributed by atoms with Gasteiger partial charge in [0, 0.05) is 78.2 Å². The number of anilines is 6. The van der Waals surface area contributed by atoms with Gasteiger partial charge in [-0.2, -0.15) is 0 Å². The molecule has 0 aliphatic carbocycles. The maximum atomic E-state index is 5.65. The van der Waals surface area contributed by atoms with Crippen LogP contribution in [0.2, 0.25) is 0 Å². The highest BCUT2D eigenvalue weighted by molar-refractivity contribution is 7.00. The van der Waals surface area contributed by atoms with Gasteiger partial charge in [0.1, 0.15) is 0 Å². The Hall–Kier alpha value is -11.8. The quantitative estimate of drug-likeness (QED) is 0.126. The summed E-state index contributed by atoms with van der Waals surface area (Å²) in [6, 6.07) is 107. The Kier molecular flexibility index (Phi) is 13.9. The Morgan fingerprint density at radius 1 is 0.292 bits per heavy atom. The molecule has 8 nitrogen and oxygen atoms in total.